The molecule has 29 heavy (non-hydrogen) atoms. The van der Waals surface area contributed by atoms with Gasteiger partial charge in [-0.2, -0.15) is 5.10 Å². The van der Waals surface area contributed by atoms with Gasteiger partial charge >= 0.3 is 6.03 Å². The highest BCUT2D eigenvalue weighted by Crippen LogP contribution is 2.39. The van der Waals surface area contributed by atoms with Crippen LogP contribution in [0.25, 0.3) is 0 Å². The van der Waals surface area contributed by atoms with E-state index in [9.17, 15) is 4.79 Å². The Morgan fingerprint density at radius 2 is 1.97 bits per heavy atom. The lowest BCUT2D eigenvalue weighted by Crippen LogP contribution is -2.54. The van der Waals surface area contributed by atoms with Crippen molar-refractivity contribution in [3.8, 4) is 0 Å². The van der Waals surface area contributed by atoms with Gasteiger partial charge in [-0.05, 0) is 56.7 Å². The molecule has 1 aromatic carbocycles. The summed E-state index contributed by atoms with van der Waals surface area (Å²) in [6, 6.07) is 10.2. The quantitative estimate of drug-likeness (QED) is 0.769. The van der Waals surface area contributed by atoms with E-state index in [2.05, 4.69) is 27.4 Å². The molecule has 2 amide bonds. The first-order chi connectivity index (χ1) is 14.1. The Labute approximate surface area is 177 Å². The molecule has 1 atom stereocenters. The third kappa shape index (κ3) is 4.61. The van der Waals surface area contributed by atoms with E-state index in [1.807, 2.05) is 47.3 Å². The fourth-order valence-electron chi connectivity index (χ4n) is 4.89. The molecule has 1 aromatic heterocycles. The summed E-state index contributed by atoms with van der Waals surface area (Å²) in [5, 5.41) is 7.45. The monoisotopic (exact) mass is 413 g/mol. The van der Waals surface area contributed by atoms with Gasteiger partial charge in [-0.1, -0.05) is 12.1 Å². The zero-order chi connectivity index (χ0) is 20.3. The van der Waals surface area contributed by atoms with E-state index in [0.717, 1.165) is 49.7 Å². The topological polar surface area (TPSA) is 53.4 Å². The number of amides is 2. The molecular formula is C22H31N5OS. The molecule has 6 nitrogen and oxygen atoms in total. The van der Waals surface area contributed by atoms with E-state index in [1.165, 1.54) is 25.0 Å². The number of aryl methyl sites for hydroxylation is 1. The predicted molar refractivity (Wildman–Crippen MR) is 118 cm³/mol. The number of rotatable bonds is 4. The van der Waals surface area contributed by atoms with Crippen molar-refractivity contribution >= 4 is 23.5 Å². The molecule has 2 aromatic rings. The number of para-hydroxylation sites is 1. The first-order valence-corrected chi connectivity index (χ1v) is 11.7. The number of hydrogen-bond donors (Lipinski definition) is 1. The van der Waals surface area contributed by atoms with Crippen LogP contribution < -0.4 is 5.32 Å². The molecule has 156 valence electrons. The lowest BCUT2D eigenvalue weighted by atomic mass is 9.73. The largest absolute Gasteiger partial charge is 0.324 e. The van der Waals surface area contributed by atoms with Crippen molar-refractivity contribution in [1.82, 2.24) is 19.6 Å². The highest BCUT2D eigenvalue weighted by atomic mass is 32.2. The van der Waals surface area contributed by atoms with Crippen LogP contribution in [-0.4, -0.2) is 58.0 Å². The smallest absolute Gasteiger partial charge is 0.321 e. The molecule has 2 aliphatic heterocycles. The molecule has 0 aliphatic carbocycles. The second-order valence-electron chi connectivity index (χ2n) is 8.42. The first-order valence-electron chi connectivity index (χ1n) is 10.5. The summed E-state index contributed by atoms with van der Waals surface area (Å²) in [6.45, 7) is 4.81. The van der Waals surface area contributed by atoms with Crippen LogP contribution in [0.4, 0.5) is 10.5 Å². The van der Waals surface area contributed by atoms with Crippen molar-refractivity contribution in [2.45, 2.75) is 37.1 Å². The van der Waals surface area contributed by atoms with Crippen molar-refractivity contribution < 1.29 is 4.79 Å². The summed E-state index contributed by atoms with van der Waals surface area (Å²) in [5.74, 6) is 0. The second kappa shape index (κ2) is 8.79. The highest BCUT2D eigenvalue weighted by molar-refractivity contribution is 7.98. The normalized spacial score (nSPS) is 22.8. The molecule has 1 unspecified atom stereocenters. The van der Waals surface area contributed by atoms with Gasteiger partial charge in [-0.3, -0.25) is 9.58 Å². The molecule has 1 N–H and O–H groups in total. The lowest BCUT2D eigenvalue weighted by molar-refractivity contribution is 0.0246. The summed E-state index contributed by atoms with van der Waals surface area (Å²) in [6.07, 6.45) is 8.60. The summed E-state index contributed by atoms with van der Waals surface area (Å²) in [4.78, 5) is 18.7. The van der Waals surface area contributed by atoms with Gasteiger partial charge in [-0.25, -0.2) is 4.79 Å². The number of nitrogens with one attached hydrogen (secondary N) is 1. The maximum absolute atomic E-state index is 13.0. The van der Waals surface area contributed by atoms with E-state index in [-0.39, 0.29) is 11.4 Å². The number of thioether (sulfide) groups is 1. The van der Waals surface area contributed by atoms with E-state index < -0.39 is 0 Å². The van der Waals surface area contributed by atoms with Crippen LogP contribution >= 0.6 is 11.8 Å². The zero-order valence-electron chi connectivity index (χ0n) is 17.4. The maximum Gasteiger partial charge on any atom is 0.321 e. The van der Waals surface area contributed by atoms with E-state index in [1.54, 1.807) is 11.8 Å². The number of anilines is 1. The fraction of sp³-hybridized carbons (Fsp3) is 0.545. The summed E-state index contributed by atoms with van der Waals surface area (Å²) in [7, 11) is 2.01. The Morgan fingerprint density at radius 1 is 1.17 bits per heavy atom. The van der Waals surface area contributed by atoms with Crippen LogP contribution in [0.2, 0.25) is 0 Å². The number of aromatic nitrogens is 2. The van der Waals surface area contributed by atoms with Crippen LogP contribution in [0.5, 0.6) is 0 Å². The van der Waals surface area contributed by atoms with Crippen molar-refractivity contribution in [1.29, 1.82) is 0 Å². The van der Waals surface area contributed by atoms with Crippen molar-refractivity contribution in [3.05, 3.63) is 42.2 Å². The van der Waals surface area contributed by atoms with Gasteiger partial charge in [0.05, 0.1) is 11.4 Å². The second-order valence-corrected chi connectivity index (χ2v) is 9.26. The third-order valence-corrected chi connectivity index (χ3v) is 7.14. The average Bonchev–Trinajstić information content (AvgIpc) is 3.13. The van der Waals surface area contributed by atoms with Crippen molar-refractivity contribution in [2.24, 2.45) is 12.5 Å². The Morgan fingerprint density at radius 3 is 2.72 bits per heavy atom. The van der Waals surface area contributed by atoms with E-state index in [0.29, 0.717) is 0 Å². The number of carbonyl (C=O) groups excluding carboxylic acids is 1. The van der Waals surface area contributed by atoms with Gasteiger partial charge < -0.3 is 10.2 Å². The number of benzene rings is 1. The summed E-state index contributed by atoms with van der Waals surface area (Å²) < 4.78 is 1.96. The van der Waals surface area contributed by atoms with Crippen molar-refractivity contribution in [2.75, 3.05) is 37.8 Å². The average molecular weight is 414 g/mol. The van der Waals surface area contributed by atoms with Crippen LogP contribution in [0.3, 0.4) is 0 Å². The lowest BCUT2D eigenvalue weighted by Gasteiger charge is -2.48. The molecule has 3 heterocycles. The third-order valence-electron chi connectivity index (χ3n) is 6.35. The fourth-order valence-corrected chi connectivity index (χ4v) is 5.44. The number of urea groups is 1. The van der Waals surface area contributed by atoms with Gasteiger partial charge in [0.1, 0.15) is 0 Å². The van der Waals surface area contributed by atoms with Gasteiger partial charge in [-0.15, -0.1) is 11.8 Å². The number of carbonyl (C=O) groups is 1. The van der Waals surface area contributed by atoms with Gasteiger partial charge in [0.15, 0.2) is 0 Å². The van der Waals surface area contributed by atoms with Gasteiger partial charge in [0.25, 0.3) is 0 Å². The van der Waals surface area contributed by atoms with Crippen LogP contribution in [0.15, 0.2) is 41.4 Å². The minimum absolute atomic E-state index is 0.0364. The molecule has 2 aliphatic rings. The summed E-state index contributed by atoms with van der Waals surface area (Å²) >= 11 is 1.66. The molecule has 2 fully saturated rings. The van der Waals surface area contributed by atoms with Gasteiger partial charge in [0.2, 0.25) is 0 Å². The number of piperidine rings is 2. The minimum atomic E-state index is 0.0364. The molecule has 7 heteroatoms. The van der Waals surface area contributed by atoms with Crippen LogP contribution in [0, 0.1) is 5.41 Å². The SMILES string of the molecule is CSc1ccccc1NC(=O)N1CCCC2(CCCN(Cc3ccnn3C)C2)C1. The number of hydrogen-bond acceptors (Lipinski definition) is 4. The molecule has 4 rings (SSSR count). The number of likely N-dealkylation sites (tertiary alicyclic amines) is 2. The highest BCUT2D eigenvalue weighted by Gasteiger charge is 2.40. The maximum atomic E-state index is 13.0. The predicted octanol–water partition coefficient (Wildman–Crippen LogP) is 4.05. The molecular weight excluding hydrogens is 382 g/mol. The van der Waals surface area contributed by atoms with Crippen LogP contribution in [-0.2, 0) is 13.6 Å². The van der Waals surface area contributed by atoms with Crippen LogP contribution in [0.1, 0.15) is 31.4 Å². The minimum Gasteiger partial charge on any atom is -0.324 e. The van der Waals surface area contributed by atoms with E-state index in [4.69, 9.17) is 0 Å². The Kier molecular flexibility index (Phi) is 6.15. The Balaban J connectivity index is 1.41. The van der Waals surface area contributed by atoms with Crippen molar-refractivity contribution in [3.63, 3.8) is 0 Å². The first kappa shape index (κ1) is 20.3. The molecule has 1 spiro atoms. The zero-order valence-corrected chi connectivity index (χ0v) is 18.2. The summed E-state index contributed by atoms with van der Waals surface area (Å²) in [5.41, 5.74) is 2.37. The Bertz CT molecular complexity index is 849. The molecule has 0 radical (unpaired) electrons. The molecule has 2 saturated heterocycles. The number of nitrogens with zero attached hydrogens (tertiary/aromatic N) is 4. The standard InChI is InChI=1S/C22H31N5OS/c1-25-18(9-12-23-25)15-26-13-5-10-22(16-26)11-6-14-27(17-22)21(28)24-19-7-3-4-8-20(19)29-2/h3-4,7-9,12H,5-6,10-11,13-17H2,1-2H3,(H,24,28). The van der Waals surface area contributed by atoms with E-state index >= 15 is 0 Å². The Hall–Kier alpha value is -1.99. The molecule has 0 saturated carbocycles. The molecule has 0 bridgehead atoms. The van der Waals surface area contributed by atoms with Gasteiger partial charge in [0, 0.05) is 49.7 Å².